The lowest BCUT2D eigenvalue weighted by Crippen LogP contribution is -2.54. The van der Waals surface area contributed by atoms with Gasteiger partial charge in [0.05, 0.1) is 27.8 Å². The molecule has 0 radical (unpaired) electrons. The Labute approximate surface area is 204 Å². The van der Waals surface area contributed by atoms with E-state index in [0.29, 0.717) is 25.3 Å². The second-order valence-electron chi connectivity index (χ2n) is 9.30. The van der Waals surface area contributed by atoms with Crippen LogP contribution in [-0.2, 0) is 12.4 Å². The maximum absolute atomic E-state index is 13.5. The maximum Gasteiger partial charge on any atom is 0.417 e. The molecule has 190 valence electrons. The fourth-order valence-corrected chi connectivity index (χ4v) is 6.10. The number of likely N-dealkylation sites (tertiary alicyclic amines) is 1. The highest BCUT2D eigenvalue weighted by Crippen LogP contribution is 2.51. The van der Waals surface area contributed by atoms with Crippen LogP contribution in [0.4, 0.5) is 26.3 Å². The highest BCUT2D eigenvalue weighted by Gasteiger charge is 2.53. The lowest BCUT2D eigenvalue weighted by atomic mass is 9.72. The van der Waals surface area contributed by atoms with Crippen molar-refractivity contribution in [2.24, 2.45) is 5.92 Å². The largest absolute Gasteiger partial charge is 0.417 e. The van der Waals surface area contributed by atoms with E-state index < -0.39 is 46.0 Å². The number of carbonyl (C=O) groups is 1. The summed E-state index contributed by atoms with van der Waals surface area (Å²) in [6.07, 6.45) is -6.18. The van der Waals surface area contributed by atoms with E-state index in [9.17, 15) is 31.1 Å². The molecule has 1 N–H and O–H groups in total. The monoisotopic (exact) mass is 518 g/mol. The summed E-state index contributed by atoms with van der Waals surface area (Å²) in [5, 5.41) is 2.06. The fraction of sp³-hybridized carbons (Fsp3) is 0.480. The van der Waals surface area contributed by atoms with E-state index in [1.165, 1.54) is 18.2 Å². The molecular weight excluding hydrogens is 494 g/mol. The van der Waals surface area contributed by atoms with Gasteiger partial charge in [0.25, 0.3) is 5.91 Å². The molecule has 10 heteroatoms. The molecule has 0 aromatic heterocycles. The van der Waals surface area contributed by atoms with E-state index in [4.69, 9.17) is 11.6 Å². The van der Waals surface area contributed by atoms with Crippen LogP contribution in [0.15, 0.2) is 42.5 Å². The summed E-state index contributed by atoms with van der Waals surface area (Å²) in [6, 6.07) is 6.98. The third-order valence-electron chi connectivity index (χ3n) is 7.26. The summed E-state index contributed by atoms with van der Waals surface area (Å²) >= 11 is 5.98. The summed E-state index contributed by atoms with van der Waals surface area (Å²) in [7, 11) is 0. The molecule has 1 aliphatic carbocycles. The van der Waals surface area contributed by atoms with Gasteiger partial charge in [-0.1, -0.05) is 43.1 Å². The minimum Gasteiger partial charge on any atom is -0.343 e. The second-order valence-corrected chi connectivity index (χ2v) is 9.68. The number of amides is 1. The molecule has 1 heterocycles. The van der Waals surface area contributed by atoms with E-state index in [1.807, 2.05) is 6.92 Å². The van der Waals surface area contributed by atoms with E-state index in [-0.39, 0.29) is 11.1 Å². The third-order valence-corrected chi connectivity index (χ3v) is 7.67. The Morgan fingerprint density at radius 1 is 1.14 bits per heavy atom. The Balaban J connectivity index is 1.79. The van der Waals surface area contributed by atoms with Gasteiger partial charge >= 0.3 is 12.4 Å². The number of alkyl halides is 6. The van der Waals surface area contributed by atoms with E-state index >= 15 is 0 Å². The number of benzene rings is 2. The molecular formula is C25H25ClF6N2O. The number of likely N-dealkylation sites (N-methyl/N-ethyl adjacent to an activating group) is 1. The predicted molar refractivity (Wildman–Crippen MR) is 120 cm³/mol. The quantitative estimate of drug-likeness (QED) is 0.428. The highest BCUT2D eigenvalue weighted by molar-refractivity contribution is 6.34. The van der Waals surface area contributed by atoms with Crippen LogP contribution in [-0.4, -0.2) is 29.4 Å². The van der Waals surface area contributed by atoms with Gasteiger partial charge in [0.2, 0.25) is 0 Å². The molecule has 35 heavy (non-hydrogen) atoms. The summed E-state index contributed by atoms with van der Waals surface area (Å²) in [6.45, 7) is 3.34. The molecule has 1 saturated carbocycles. The van der Waals surface area contributed by atoms with Gasteiger partial charge in [0, 0.05) is 12.1 Å². The molecule has 2 aromatic rings. The maximum atomic E-state index is 13.5. The molecule has 3 atom stereocenters. The highest BCUT2D eigenvalue weighted by atomic mass is 35.5. The Morgan fingerprint density at radius 2 is 1.86 bits per heavy atom. The fourth-order valence-electron chi connectivity index (χ4n) is 5.78. The van der Waals surface area contributed by atoms with E-state index in [0.717, 1.165) is 43.7 Å². The van der Waals surface area contributed by atoms with Crippen molar-refractivity contribution in [2.75, 3.05) is 13.1 Å². The number of hydrogen-bond donors (Lipinski definition) is 1. The Morgan fingerprint density at radius 3 is 2.51 bits per heavy atom. The minimum atomic E-state index is -4.76. The number of nitrogens with zero attached hydrogens (tertiary/aromatic N) is 1. The molecule has 2 bridgehead atoms. The standard InChI is InChI=1S/C25H25ClF6N2O/c1-2-34-14-15-6-5-11-23(34,13-15)21(16-7-3-8-17(12-16)24(27,28)29)33-22(35)18-9-4-10-19(20(18)26)25(30,31)32/h3-4,7-10,12,15,21H,2,5-6,11,13-14H2,1H3,(H,33,35). The first kappa shape index (κ1) is 25.8. The van der Waals surface area contributed by atoms with Crippen molar-refractivity contribution in [1.82, 2.24) is 10.2 Å². The van der Waals surface area contributed by atoms with E-state index in [2.05, 4.69) is 10.2 Å². The van der Waals surface area contributed by atoms with Crippen molar-refractivity contribution in [1.29, 1.82) is 0 Å². The van der Waals surface area contributed by atoms with Crippen LogP contribution < -0.4 is 5.32 Å². The molecule has 1 amide bonds. The Bertz CT molecular complexity index is 1100. The zero-order valence-corrected chi connectivity index (χ0v) is 19.7. The van der Waals surface area contributed by atoms with Gasteiger partial charge in [-0.3, -0.25) is 9.69 Å². The predicted octanol–water partition coefficient (Wildman–Crippen LogP) is 7.11. The molecule has 1 aliphatic heterocycles. The summed E-state index contributed by atoms with van der Waals surface area (Å²) in [5.41, 5.74) is -2.75. The number of rotatable bonds is 5. The van der Waals surface area contributed by atoms with Gasteiger partial charge in [0.1, 0.15) is 0 Å². The summed E-state index contributed by atoms with van der Waals surface area (Å²) < 4.78 is 80.6. The van der Waals surface area contributed by atoms with Gasteiger partial charge in [-0.2, -0.15) is 26.3 Å². The average molecular weight is 519 g/mol. The molecule has 3 nitrogen and oxygen atoms in total. The molecule has 3 unspecified atom stereocenters. The number of hydrogen-bond acceptors (Lipinski definition) is 2. The van der Waals surface area contributed by atoms with Gasteiger partial charge in [-0.15, -0.1) is 0 Å². The number of fused-ring (bicyclic) bond motifs is 2. The van der Waals surface area contributed by atoms with Crippen molar-refractivity contribution in [3.8, 4) is 0 Å². The average Bonchev–Trinajstić information content (AvgIpc) is 3.05. The van der Waals surface area contributed by atoms with Gasteiger partial charge in [-0.05, 0) is 61.6 Å². The number of carbonyl (C=O) groups excluding carboxylic acids is 1. The first-order valence-corrected chi connectivity index (χ1v) is 11.8. The van der Waals surface area contributed by atoms with Crippen LogP contribution in [0.1, 0.15) is 65.7 Å². The second kappa shape index (κ2) is 9.32. The van der Waals surface area contributed by atoms with Crippen LogP contribution in [0, 0.1) is 5.92 Å². The van der Waals surface area contributed by atoms with Crippen molar-refractivity contribution in [2.45, 2.75) is 56.5 Å². The summed E-state index contributed by atoms with van der Waals surface area (Å²) in [5.74, 6) is -0.519. The van der Waals surface area contributed by atoms with Crippen molar-refractivity contribution in [3.05, 3.63) is 69.7 Å². The van der Waals surface area contributed by atoms with Crippen molar-refractivity contribution in [3.63, 3.8) is 0 Å². The SMILES string of the molecule is CCN1CC2CCCC1(C(NC(=O)c1cccc(C(F)(F)F)c1Cl)c1cccc(C(F)(F)F)c1)C2. The zero-order valence-electron chi connectivity index (χ0n) is 18.9. The molecule has 1 saturated heterocycles. The van der Waals surface area contributed by atoms with Gasteiger partial charge in [-0.25, -0.2) is 0 Å². The zero-order chi connectivity index (χ0) is 25.6. The Kier molecular flexibility index (Phi) is 6.87. The van der Waals surface area contributed by atoms with Crippen molar-refractivity contribution >= 4 is 17.5 Å². The first-order valence-electron chi connectivity index (χ1n) is 11.5. The van der Waals surface area contributed by atoms with Gasteiger partial charge in [0.15, 0.2) is 0 Å². The molecule has 4 rings (SSSR count). The molecule has 2 aromatic carbocycles. The Hall–Kier alpha value is -2.26. The van der Waals surface area contributed by atoms with Crippen LogP contribution in [0.25, 0.3) is 0 Å². The van der Waals surface area contributed by atoms with Crippen LogP contribution in [0.3, 0.4) is 0 Å². The number of halogens is 7. The lowest BCUT2D eigenvalue weighted by molar-refractivity contribution is -0.138. The van der Waals surface area contributed by atoms with Crippen molar-refractivity contribution < 1.29 is 31.1 Å². The normalized spacial score (nSPS) is 23.8. The first-order chi connectivity index (χ1) is 16.4. The molecule has 0 spiro atoms. The van der Waals surface area contributed by atoms with E-state index in [1.54, 1.807) is 0 Å². The smallest absolute Gasteiger partial charge is 0.343 e. The summed E-state index contributed by atoms with van der Waals surface area (Å²) in [4.78, 5) is 15.5. The minimum absolute atomic E-state index is 0.261. The van der Waals surface area contributed by atoms with Gasteiger partial charge < -0.3 is 5.32 Å². The van der Waals surface area contributed by atoms with Crippen LogP contribution >= 0.6 is 11.6 Å². The van der Waals surface area contributed by atoms with Crippen LogP contribution in [0.5, 0.6) is 0 Å². The topological polar surface area (TPSA) is 32.3 Å². The number of nitrogens with one attached hydrogen (secondary N) is 1. The molecule has 2 aliphatic rings. The van der Waals surface area contributed by atoms with Crippen LogP contribution in [0.2, 0.25) is 5.02 Å². The molecule has 2 fully saturated rings. The lowest BCUT2D eigenvalue weighted by Gasteiger charge is -2.46. The third kappa shape index (κ3) is 4.89.